The van der Waals surface area contributed by atoms with Gasteiger partial charge in [0.05, 0.1) is 0 Å². The highest BCUT2D eigenvalue weighted by Crippen LogP contribution is 2.34. The lowest BCUT2D eigenvalue weighted by atomic mass is 10.1. The van der Waals surface area contributed by atoms with Crippen LogP contribution >= 0.6 is 0 Å². The summed E-state index contributed by atoms with van der Waals surface area (Å²) < 4.78 is 0. The molecule has 0 aromatic rings. The fourth-order valence-corrected chi connectivity index (χ4v) is 1.78. The van der Waals surface area contributed by atoms with Crippen molar-refractivity contribution < 1.29 is 9.59 Å². The van der Waals surface area contributed by atoms with E-state index in [9.17, 15) is 9.59 Å². The summed E-state index contributed by atoms with van der Waals surface area (Å²) in [5.74, 6) is 0.617. The molecule has 2 aliphatic rings. The van der Waals surface area contributed by atoms with Gasteiger partial charge in [-0.05, 0) is 19.3 Å². The van der Waals surface area contributed by atoms with Crippen LogP contribution in [0.1, 0.15) is 26.2 Å². The van der Waals surface area contributed by atoms with Crippen LogP contribution in [0.2, 0.25) is 0 Å². The molecule has 1 aliphatic carbocycles. The third kappa shape index (κ3) is 1.82. The fraction of sp³-hybridized carbons (Fsp3) is 0.778. The zero-order valence-corrected chi connectivity index (χ0v) is 7.75. The predicted octanol–water partition coefficient (Wildman–Crippen LogP) is 0.727. The van der Waals surface area contributed by atoms with Gasteiger partial charge in [0, 0.05) is 6.04 Å². The first-order chi connectivity index (χ1) is 6.16. The van der Waals surface area contributed by atoms with Gasteiger partial charge in [-0.2, -0.15) is 0 Å². The minimum Gasteiger partial charge on any atom is -0.312 e. The molecule has 3 amide bonds. The Morgan fingerprint density at radius 1 is 1.54 bits per heavy atom. The first-order valence-electron chi connectivity index (χ1n) is 4.77. The lowest BCUT2D eigenvalue weighted by molar-refractivity contribution is -0.118. The highest BCUT2D eigenvalue weighted by atomic mass is 16.2. The molecule has 13 heavy (non-hydrogen) atoms. The number of rotatable bonds is 3. The molecule has 0 aromatic carbocycles. The molecular weight excluding hydrogens is 168 g/mol. The number of imide groups is 1. The topological polar surface area (TPSA) is 49.4 Å². The van der Waals surface area contributed by atoms with E-state index >= 15 is 0 Å². The van der Waals surface area contributed by atoms with E-state index in [0.29, 0.717) is 0 Å². The molecule has 1 N–H and O–H groups in total. The standard InChI is InChI=1S/C9H14N2O2/c1-6(4-7-2-3-7)11-5-8(12)10-9(11)13/h6-7H,2-5H2,1H3,(H,10,12,13). The molecule has 2 fully saturated rings. The molecule has 0 aromatic heterocycles. The van der Waals surface area contributed by atoms with Crippen LogP contribution in [0.25, 0.3) is 0 Å². The van der Waals surface area contributed by atoms with Gasteiger partial charge in [-0.1, -0.05) is 12.8 Å². The monoisotopic (exact) mass is 182 g/mol. The van der Waals surface area contributed by atoms with Crippen LogP contribution in [0.4, 0.5) is 4.79 Å². The minimum absolute atomic E-state index is 0.173. The summed E-state index contributed by atoms with van der Waals surface area (Å²) in [5, 5.41) is 2.29. The molecule has 4 nitrogen and oxygen atoms in total. The molecule has 1 aliphatic heterocycles. The predicted molar refractivity (Wildman–Crippen MR) is 47.0 cm³/mol. The van der Waals surface area contributed by atoms with Crippen LogP contribution < -0.4 is 5.32 Å². The number of nitrogens with zero attached hydrogens (tertiary/aromatic N) is 1. The molecule has 1 heterocycles. The SMILES string of the molecule is CC(CC1CC1)N1CC(=O)NC1=O. The number of carbonyl (C=O) groups excluding carboxylic acids is 2. The van der Waals surface area contributed by atoms with Crippen molar-refractivity contribution in [2.24, 2.45) is 5.92 Å². The van der Waals surface area contributed by atoms with Crippen LogP contribution in [0.3, 0.4) is 0 Å². The van der Waals surface area contributed by atoms with Gasteiger partial charge in [-0.15, -0.1) is 0 Å². The fourth-order valence-electron chi connectivity index (χ4n) is 1.78. The van der Waals surface area contributed by atoms with E-state index in [1.165, 1.54) is 12.8 Å². The maximum Gasteiger partial charge on any atom is 0.324 e. The largest absolute Gasteiger partial charge is 0.324 e. The molecular formula is C9H14N2O2. The average molecular weight is 182 g/mol. The summed E-state index contributed by atoms with van der Waals surface area (Å²) in [6, 6.07) is -0.0166. The zero-order chi connectivity index (χ0) is 9.42. The van der Waals surface area contributed by atoms with Gasteiger partial charge in [0.25, 0.3) is 0 Å². The lowest BCUT2D eigenvalue weighted by Crippen LogP contribution is -2.36. The average Bonchev–Trinajstić information content (AvgIpc) is 2.77. The molecule has 4 heteroatoms. The molecule has 0 spiro atoms. The molecule has 0 bridgehead atoms. The molecule has 1 saturated heterocycles. The van der Waals surface area contributed by atoms with Crippen molar-refractivity contribution in [1.82, 2.24) is 10.2 Å². The second-order valence-corrected chi connectivity index (χ2v) is 4.01. The summed E-state index contributed by atoms with van der Waals surface area (Å²) in [6.07, 6.45) is 3.61. The van der Waals surface area contributed by atoms with Crippen LogP contribution in [0.5, 0.6) is 0 Å². The van der Waals surface area contributed by atoms with Crippen molar-refractivity contribution in [2.45, 2.75) is 32.2 Å². The van der Waals surface area contributed by atoms with Crippen molar-refractivity contribution >= 4 is 11.9 Å². The van der Waals surface area contributed by atoms with Crippen molar-refractivity contribution in [3.8, 4) is 0 Å². The summed E-state index contributed by atoms with van der Waals surface area (Å²) in [5.41, 5.74) is 0. The van der Waals surface area contributed by atoms with Crippen molar-refractivity contribution in [3.63, 3.8) is 0 Å². The Kier molecular flexibility index (Phi) is 1.98. The number of nitrogens with one attached hydrogen (secondary N) is 1. The maximum absolute atomic E-state index is 11.2. The van der Waals surface area contributed by atoms with E-state index in [1.54, 1.807) is 4.90 Å². The normalized spacial score (nSPS) is 24.8. The second-order valence-electron chi connectivity index (χ2n) is 4.01. The first kappa shape index (κ1) is 8.53. The lowest BCUT2D eigenvalue weighted by Gasteiger charge is -2.21. The minimum atomic E-state index is -0.224. The van der Waals surface area contributed by atoms with Crippen molar-refractivity contribution in [1.29, 1.82) is 0 Å². The summed E-state index contributed by atoms with van der Waals surface area (Å²) in [4.78, 5) is 23.7. The Morgan fingerprint density at radius 2 is 2.23 bits per heavy atom. The third-order valence-electron chi connectivity index (χ3n) is 2.72. The van der Waals surface area contributed by atoms with E-state index in [0.717, 1.165) is 12.3 Å². The van der Waals surface area contributed by atoms with Crippen LogP contribution in [0.15, 0.2) is 0 Å². The Labute approximate surface area is 77.3 Å². The highest BCUT2D eigenvalue weighted by molar-refractivity contribution is 6.02. The summed E-state index contributed by atoms with van der Waals surface area (Å²) in [7, 11) is 0. The Bertz CT molecular complexity index is 248. The molecule has 72 valence electrons. The van der Waals surface area contributed by atoms with E-state index in [1.807, 2.05) is 6.92 Å². The van der Waals surface area contributed by atoms with Crippen molar-refractivity contribution in [3.05, 3.63) is 0 Å². The van der Waals surface area contributed by atoms with Crippen LogP contribution in [-0.2, 0) is 4.79 Å². The molecule has 1 atom stereocenters. The Balaban J connectivity index is 1.90. The van der Waals surface area contributed by atoms with E-state index in [-0.39, 0.29) is 24.5 Å². The van der Waals surface area contributed by atoms with Crippen molar-refractivity contribution in [2.75, 3.05) is 6.54 Å². The van der Waals surface area contributed by atoms with Gasteiger partial charge in [-0.25, -0.2) is 4.79 Å². The number of carbonyl (C=O) groups is 2. The molecule has 1 unspecified atom stereocenters. The number of amides is 3. The Hall–Kier alpha value is -1.06. The van der Waals surface area contributed by atoms with Gasteiger partial charge in [0.15, 0.2) is 0 Å². The second kappa shape index (κ2) is 3.01. The Morgan fingerprint density at radius 3 is 2.69 bits per heavy atom. The quantitative estimate of drug-likeness (QED) is 0.654. The molecule has 2 rings (SSSR count). The highest BCUT2D eigenvalue weighted by Gasteiger charge is 2.33. The molecule has 1 saturated carbocycles. The summed E-state index contributed by atoms with van der Waals surface area (Å²) in [6.45, 7) is 2.25. The van der Waals surface area contributed by atoms with Gasteiger partial charge >= 0.3 is 6.03 Å². The van der Waals surface area contributed by atoms with E-state index in [2.05, 4.69) is 5.32 Å². The summed E-state index contributed by atoms with van der Waals surface area (Å²) >= 11 is 0. The third-order valence-corrected chi connectivity index (χ3v) is 2.72. The van der Waals surface area contributed by atoms with Gasteiger partial charge in [0.1, 0.15) is 6.54 Å². The number of urea groups is 1. The first-order valence-corrected chi connectivity index (χ1v) is 4.77. The number of hydrogen-bond acceptors (Lipinski definition) is 2. The van der Waals surface area contributed by atoms with Crippen LogP contribution in [-0.4, -0.2) is 29.4 Å². The zero-order valence-electron chi connectivity index (χ0n) is 7.75. The molecule has 0 radical (unpaired) electrons. The smallest absolute Gasteiger partial charge is 0.312 e. The van der Waals surface area contributed by atoms with E-state index < -0.39 is 0 Å². The number of hydrogen-bond donors (Lipinski definition) is 1. The van der Waals surface area contributed by atoms with Gasteiger partial charge < -0.3 is 4.90 Å². The van der Waals surface area contributed by atoms with Crippen LogP contribution in [0, 0.1) is 5.92 Å². The van der Waals surface area contributed by atoms with E-state index in [4.69, 9.17) is 0 Å². The maximum atomic E-state index is 11.2. The van der Waals surface area contributed by atoms with Gasteiger partial charge in [-0.3, -0.25) is 10.1 Å². The van der Waals surface area contributed by atoms with Gasteiger partial charge in [0.2, 0.25) is 5.91 Å².